The largest absolute Gasteiger partial charge is 0.366 e. The molecule has 102 valence electrons. The van der Waals surface area contributed by atoms with E-state index in [2.05, 4.69) is 15.3 Å². The van der Waals surface area contributed by atoms with E-state index in [0.717, 1.165) is 5.56 Å². The topological polar surface area (TPSA) is 61.1 Å². The lowest BCUT2D eigenvalue weighted by atomic mass is 9.95. The third-order valence-electron chi connectivity index (χ3n) is 3.21. The van der Waals surface area contributed by atoms with Crippen LogP contribution >= 0.6 is 0 Å². The van der Waals surface area contributed by atoms with Gasteiger partial charge >= 0.3 is 0 Å². The number of aromatic nitrogens is 1. The number of benzene rings is 1. The molecule has 1 aromatic carbocycles. The number of hydrogen-bond acceptors (Lipinski definition) is 4. The highest BCUT2D eigenvalue weighted by atomic mass is 19.1. The third-order valence-corrected chi connectivity index (χ3v) is 3.21. The van der Waals surface area contributed by atoms with Gasteiger partial charge in [-0.2, -0.15) is 5.26 Å². The molecule has 0 saturated heterocycles. The molecule has 1 aliphatic rings. The maximum Gasteiger partial charge on any atom is 0.150 e. The van der Waals surface area contributed by atoms with Crippen molar-refractivity contribution in [3.8, 4) is 17.2 Å². The molecule has 0 aliphatic carbocycles. The lowest BCUT2D eigenvalue weighted by Gasteiger charge is -2.17. The van der Waals surface area contributed by atoms with Crippen molar-refractivity contribution < 1.29 is 4.39 Å². The molecule has 0 amide bonds. The van der Waals surface area contributed by atoms with Gasteiger partial charge in [-0.25, -0.2) is 4.39 Å². The summed E-state index contributed by atoms with van der Waals surface area (Å²) in [4.78, 5) is 8.08. The number of aliphatic imine (C=N–C) groups is 1. The SMILES string of the molecule is N#Cc1ccc(-c2cccnc2)c(C2=CC=NCN2)c1F. The number of allylic oxidation sites excluding steroid dienone is 1. The summed E-state index contributed by atoms with van der Waals surface area (Å²) in [7, 11) is 0. The fraction of sp³-hybridized carbons (Fsp3) is 0.0625. The van der Waals surface area contributed by atoms with Gasteiger partial charge < -0.3 is 5.32 Å². The summed E-state index contributed by atoms with van der Waals surface area (Å²) in [6.45, 7) is 0.383. The maximum absolute atomic E-state index is 14.6. The molecule has 0 spiro atoms. The van der Waals surface area contributed by atoms with Crippen molar-refractivity contribution in [1.29, 1.82) is 5.26 Å². The van der Waals surface area contributed by atoms with Crippen molar-refractivity contribution in [2.45, 2.75) is 0 Å². The minimum atomic E-state index is -0.534. The van der Waals surface area contributed by atoms with Crippen LogP contribution in [0.3, 0.4) is 0 Å². The zero-order valence-electron chi connectivity index (χ0n) is 11.0. The first kappa shape index (κ1) is 13.0. The van der Waals surface area contributed by atoms with Gasteiger partial charge in [0.1, 0.15) is 12.7 Å². The summed E-state index contributed by atoms with van der Waals surface area (Å²) in [6.07, 6.45) is 6.65. The van der Waals surface area contributed by atoms with Gasteiger partial charge in [-0.05, 0) is 23.8 Å². The van der Waals surface area contributed by atoms with Crippen LogP contribution < -0.4 is 5.32 Å². The van der Waals surface area contributed by atoms with Gasteiger partial charge in [-0.15, -0.1) is 0 Å². The van der Waals surface area contributed by atoms with E-state index in [1.807, 2.05) is 12.1 Å². The van der Waals surface area contributed by atoms with Crippen LogP contribution in [0.5, 0.6) is 0 Å². The Morgan fingerprint density at radius 3 is 2.86 bits per heavy atom. The molecular formula is C16H11FN4. The van der Waals surface area contributed by atoms with Crippen molar-refractivity contribution >= 4 is 11.9 Å². The Kier molecular flexibility index (Phi) is 3.44. The van der Waals surface area contributed by atoms with Gasteiger partial charge in [0.15, 0.2) is 5.82 Å². The predicted octanol–water partition coefficient (Wildman–Crippen LogP) is 2.73. The zero-order chi connectivity index (χ0) is 14.7. The Hall–Kier alpha value is -3.00. The number of rotatable bonds is 2. The van der Waals surface area contributed by atoms with E-state index in [0.29, 0.717) is 23.5 Å². The number of nitrogens with one attached hydrogen (secondary N) is 1. The van der Waals surface area contributed by atoms with Gasteiger partial charge in [0.2, 0.25) is 0 Å². The van der Waals surface area contributed by atoms with Crippen molar-refractivity contribution in [3.63, 3.8) is 0 Å². The van der Waals surface area contributed by atoms with E-state index in [1.165, 1.54) is 6.07 Å². The Labute approximate surface area is 121 Å². The molecule has 0 saturated carbocycles. The van der Waals surface area contributed by atoms with Gasteiger partial charge in [-0.1, -0.05) is 12.1 Å². The Morgan fingerprint density at radius 1 is 1.29 bits per heavy atom. The molecule has 2 heterocycles. The van der Waals surface area contributed by atoms with Crippen molar-refractivity contribution in [1.82, 2.24) is 10.3 Å². The predicted molar refractivity (Wildman–Crippen MR) is 78.8 cm³/mol. The van der Waals surface area contributed by atoms with E-state index >= 15 is 0 Å². The molecule has 2 aromatic rings. The van der Waals surface area contributed by atoms with E-state index in [9.17, 15) is 4.39 Å². The average molecular weight is 278 g/mol. The zero-order valence-corrected chi connectivity index (χ0v) is 11.0. The highest BCUT2D eigenvalue weighted by molar-refractivity contribution is 5.90. The van der Waals surface area contributed by atoms with E-state index in [-0.39, 0.29) is 5.56 Å². The summed E-state index contributed by atoms with van der Waals surface area (Å²) in [6, 6.07) is 8.74. The van der Waals surface area contributed by atoms with Gasteiger partial charge in [0.05, 0.1) is 5.56 Å². The molecule has 3 rings (SSSR count). The molecule has 1 aromatic heterocycles. The summed E-state index contributed by atoms with van der Waals surface area (Å²) in [5, 5.41) is 12.1. The van der Waals surface area contributed by atoms with Gasteiger partial charge in [0.25, 0.3) is 0 Å². The Bertz CT molecular complexity index is 773. The van der Waals surface area contributed by atoms with Crippen LogP contribution in [0.25, 0.3) is 16.8 Å². The second kappa shape index (κ2) is 5.55. The van der Waals surface area contributed by atoms with Crippen LogP contribution in [-0.2, 0) is 0 Å². The highest BCUT2D eigenvalue weighted by Crippen LogP contribution is 2.31. The van der Waals surface area contributed by atoms with E-state index in [1.54, 1.807) is 36.8 Å². The van der Waals surface area contributed by atoms with Crippen LogP contribution in [0.4, 0.5) is 4.39 Å². The molecule has 21 heavy (non-hydrogen) atoms. The minimum absolute atomic E-state index is 0.0165. The molecule has 4 nitrogen and oxygen atoms in total. The second-order valence-electron chi connectivity index (χ2n) is 4.45. The van der Waals surface area contributed by atoms with Crippen molar-refractivity contribution in [2.75, 3.05) is 6.67 Å². The van der Waals surface area contributed by atoms with Crippen LogP contribution in [0.15, 0.2) is 47.7 Å². The van der Waals surface area contributed by atoms with Crippen LogP contribution in [0, 0.1) is 17.1 Å². The van der Waals surface area contributed by atoms with Crippen LogP contribution in [-0.4, -0.2) is 17.9 Å². The molecule has 0 bridgehead atoms. The van der Waals surface area contributed by atoms with Crippen molar-refractivity contribution in [3.05, 3.63) is 59.7 Å². The second-order valence-corrected chi connectivity index (χ2v) is 4.45. The lowest BCUT2D eigenvalue weighted by molar-refractivity contribution is 0.618. The molecular weight excluding hydrogens is 267 g/mol. The molecule has 0 unspecified atom stereocenters. The number of nitrogens with zero attached hydrogens (tertiary/aromatic N) is 3. The van der Waals surface area contributed by atoms with Gasteiger partial charge in [-0.3, -0.25) is 9.98 Å². The summed E-state index contributed by atoms with van der Waals surface area (Å²) in [5.41, 5.74) is 2.48. The summed E-state index contributed by atoms with van der Waals surface area (Å²) >= 11 is 0. The number of hydrogen-bond donors (Lipinski definition) is 1. The number of nitriles is 1. The monoisotopic (exact) mass is 278 g/mol. The minimum Gasteiger partial charge on any atom is -0.366 e. The Morgan fingerprint density at radius 2 is 2.19 bits per heavy atom. The van der Waals surface area contributed by atoms with E-state index < -0.39 is 5.82 Å². The quantitative estimate of drug-likeness (QED) is 0.918. The fourth-order valence-corrected chi connectivity index (χ4v) is 2.23. The van der Waals surface area contributed by atoms with Gasteiger partial charge in [0, 0.05) is 35.4 Å². The maximum atomic E-state index is 14.6. The standard InChI is InChI=1S/C16H11FN4/c17-16-11(8-18)3-4-13(12-2-1-6-19-9-12)15(16)14-5-7-20-10-21-14/h1-7,9,21H,10H2. The smallest absolute Gasteiger partial charge is 0.150 e. The first-order valence-corrected chi connectivity index (χ1v) is 6.38. The Balaban J connectivity index is 2.26. The first-order valence-electron chi connectivity index (χ1n) is 6.38. The molecule has 5 heteroatoms. The summed E-state index contributed by atoms with van der Waals surface area (Å²) < 4.78 is 14.6. The molecule has 1 aliphatic heterocycles. The molecule has 0 radical (unpaired) electrons. The number of halogens is 1. The van der Waals surface area contributed by atoms with E-state index in [4.69, 9.17) is 5.26 Å². The first-order chi connectivity index (χ1) is 10.3. The molecule has 1 N–H and O–H groups in total. The molecule has 0 atom stereocenters. The normalized spacial score (nSPS) is 13.2. The lowest BCUT2D eigenvalue weighted by Crippen LogP contribution is -2.17. The number of pyridine rings is 1. The third kappa shape index (κ3) is 2.39. The van der Waals surface area contributed by atoms with Crippen molar-refractivity contribution in [2.24, 2.45) is 4.99 Å². The molecule has 0 fully saturated rings. The summed E-state index contributed by atoms with van der Waals surface area (Å²) in [5.74, 6) is -0.534. The van der Waals surface area contributed by atoms with Crippen LogP contribution in [0.2, 0.25) is 0 Å². The fourth-order valence-electron chi connectivity index (χ4n) is 2.23. The average Bonchev–Trinajstić information content (AvgIpc) is 2.56. The highest BCUT2D eigenvalue weighted by Gasteiger charge is 2.18. The van der Waals surface area contributed by atoms with Crippen LogP contribution in [0.1, 0.15) is 11.1 Å².